The van der Waals surface area contributed by atoms with Gasteiger partial charge in [0, 0.05) is 34.4 Å². The molecule has 0 bridgehead atoms. The predicted molar refractivity (Wildman–Crippen MR) is 168 cm³/mol. The molecule has 4 amide bonds. The maximum Gasteiger partial charge on any atom is 0.288 e. The largest absolute Gasteiger partial charge is 0.340 e. The molecule has 46 heavy (non-hydrogen) atoms. The Morgan fingerprint density at radius 1 is 0.696 bits per heavy atom. The average Bonchev–Trinajstić information content (AvgIpc) is 3.02. The summed E-state index contributed by atoms with van der Waals surface area (Å²) in [4.78, 5) is 71.0. The van der Waals surface area contributed by atoms with Crippen LogP contribution in [0.5, 0.6) is 0 Å². The smallest absolute Gasteiger partial charge is 0.288 e. The Kier molecular flexibility index (Phi) is 12.0. The fourth-order valence-corrected chi connectivity index (χ4v) is 3.90. The van der Waals surface area contributed by atoms with Gasteiger partial charge in [-0.05, 0) is 44.2 Å². The van der Waals surface area contributed by atoms with Gasteiger partial charge in [0.15, 0.2) is 0 Å². The second-order valence-electron chi connectivity index (χ2n) is 9.38. The quantitative estimate of drug-likeness (QED) is 0.127. The number of amides is 4. The van der Waals surface area contributed by atoms with E-state index in [1.807, 2.05) is 0 Å². The van der Waals surface area contributed by atoms with Gasteiger partial charge in [0.2, 0.25) is 0 Å². The minimum atomic E-state index is -1.06. The van der Waals surface area contributed by atoms with Crippen molar-refractivity contribution in [2.45, 2.75) is 25.9 Å². The summed E-state index contributed by atoms with van der Waals surface area (Å²) in [6.45, 7) is 2.78. The van der Waals surface area contributed by atoms with Crippen LogP contribution in [0.4, 0.5) is 11.4 Å². The summed E-state index contributed by atoms with van der Waals surface area (Å²) in [6, 6.07) is 11.3. The Labute approximate surface area is 270 Å². The third-order valence-electron chi connectivity index (χ3n) is 5.98. The van der Waals surface area contributed by atoms with Crippen LogP contribution in [-0.4, -0.2) is 58.0 Å². The van der Waals surface area contributed by atoms with Crippen molar-refractivity contribution < 1.29 is 29.0 Å². The number of halogens is 2. The number of nitro benzene ring substituents is 2. The van der Waals surface area contributed by atoms with Crippen molar-refractivity contribution in [1.82, 2.24) is 21.5 Å². The fraction of sp³-hybridized carbons (Fsp3) is 0.143. The van der Waals surface area contributed by atoms with E-state index in [0.717, 1.165) is 0 Å². The van der Waals surface area contributed by atoms with Gasteiger partial charge in [-0.3, -0.25) is 39.4 Å². The van der Waals surface area contributed by atoms with Gasteiger partial charge < -0.3 is 10.6 Å². The summed E-state index contributed by atoms with van der Waals surface area (Å²) in [7, 11) is 0. The molecule has 16 nitrogen and oxygen atoms in total. The Hall–Kier alpha value is -5.74. The zero-order valence-electron chi connectivity index (χ0n) is 23.9. The lowest BCUT2D eigenvalue weighted by atomic mass is 10.1. The molecule has 0 aliphatic heterocycles. The molecule has 238 valence electrons. The fourth-order valence-electron chi connectivity index (χ4n) is 3.53. The SMILES string of the molecule is C[C@H](NC(=O)c1cccc(C(=O)N[C@@H](C)C(=O)N/N=C/c2ccc(Cl)c([N+](=O)[O-])c2)c1)C(=O)N/N=C/c1ccc(Cl)c([N+](=O)[O-])c1. The summed E-state index contributed by atoms with van der Waals surface area (Å²) in [5.74, 6) is -2.76. The first kappa shape index (κ1) is 34.7. The number of benzene rings is 3. The highest BCUT2D eigenvalue weighted by atomic mass is 35.5. The number of carbonyl (C=O) groups excluding carboxylic acids is 4. The molecule has 0 aliphatic carbocycles. The minimum Gasteiger partial charge on any atom is -0.340 e. The minimum absolute atomic E-state index is 0.0445. The molecular formula is C28H24Cl2N8O8. The van der Waals surface area contributed by atoms with Crippen LogP contribution in [0, 0.1) is 20.2 Å². The average molecular weight is 671 g/mol. The molecule has 0 unspecified atom stereocenters. The normalized spacial score (nSPS) is 12.3. The Morgan fingerprint density at radius 3 is 1.46 bits per heavy atom. The van der Waals surface area contributed by atoms with Crippen LogP contribution in [0.2, 0.25) is 10.0 Å². The lowest BCUT2D eigenvalue weighted by Crippen LogP contribution is -2.44. The zero-order valence-corrected chi connectivity index (χ0v) is 25.4. The van der Waals surface area contributed by atoms with Crippen LogP contribution in [0.25, 0.3) is 0 Å². The number of hydrogen-bond acceptors (Lipinski definition) is 10. The first-order valence-electron chi connectivity index (χ1n) is 13.0. The Bertz CT molecular complexity index is 1640. The number of nitrogens with zero attached hydrogens (tertiary/aromatic N) is 4. The van der Waals surface area contributed by atoms with Crippen molar-refractivity contribution in [2.75, 3.05) is 0 Å². The third-order valence-corrected chi connectivity index (χ3v) is 6.62. The van der Waals surface area contributed by atoms with Crippen molar-refractivity contribution in [3.8, 4) is 0 Å². The van der Waals surface area contributed by atoms with Crippen LogP contribution in [-0.2, 0) is 9.59 Å². The van der Waals surface area contributed by atoms with Crippen LogP contribution in [0.15, 0.2) is 70.9 Å². The van der Waals surface area contributed by atoms with Gasteiger partial charge in [0.05, 0.1) is 22.3 Å². The molecule has 3 rings (SSSR count). The topological polar surface area (TPSA) is 227 Å². The van der Waals surface area contributed by atoms with Crippen LogP contribution < -0.4 is 21.5 Å². The van der Waals surface area contributed by atoms with Crippen LogP contribution in [0.1, 0.15) is 45.7 Å². The van der Waals surface area contributed by atoms with E-state index in [1.165, 1.54) is 86.9 Å². The van der Waals surface area contributed by atoms with Gasteiger partial charge >= 0.3 is 0 Å². The second kappa shape index (κ2) is 15.8. The highest BCUT2D eigenvalue weighted by molar-refractivity contribution is 6.33. The van der Waals surface area contributed by atoms with E-state index in [2.05, 4.69) is 31.7 Å². The molecule has 0 radical (unpaired) electrons. The van der Waals surface area contributed by atoms with E-state index in [4.69, 9.17) is 23.2 Å². The molecule has 2 atom stereocenters. The van der Waals surface area contributed by atoms with Gasteiger partial charge in [0.1, 0.15) is 22.1 Å². The van der Waals surface area contributed by atoms with E-state index < -0.39 is 45.6 Å². The predicted octanol–water partition coefficient (Wildman–Crippen LogP) is 3.35. The van der Waals surface area contributed by atoms with Crippen molar-refractivity contribution in [1.29, 1.82) is 0 Å². The Balaban J connectivity index is 1.53. The summed E-state index contributed by atoms with van der Waals surface area (Å²) in [6.07, 6.45) is 2.33. The molecule has 3 aromatic rings. The molecule has 18 heteroatoms. The highest BCUT2D eigenvalue weighted by Gasteiger charge is 2.20. The number of hydrazone groups is 2. The van der Waals surface area contributed by atoms with Crippen LogP contribution in [0.3, 0.4) is 0 Å². The third kappa shape index (κ3) is 9.63. The molecule has 0 aliphatic rings. The number of nitrogens with one attached hydrogen (secondary N) is 4. The first-order valence-corrected chi connectivity index (χ1v) is 13.8. The van der Waals surface area contributed by atoms with Crippen molar-refractivity contribution in [2.24, 2.45) is 10.2 Å². The molecular weight excluding hydrogens is 647 g/mol. The molecule has 3 aromatic carbocycles. The van der Waals surface area contributed by atoms with Crippen molar-refractivity contribution in [3.05, 3.63) is 113 Å². The zero-order chi connectivity index (χ0) is 34.0. The van der Waals surface area contributed by atoms with E-state index in [-0.39, 0.29) is 32.5 Å². The van der Waals surface area contributed by atoms with Gasteiger partial charge in [-0.1, -0.05) is 41.4 Å². The van der Waals surface area contributed by atoms with Gasteiger partial charge in [-0.15, -0.1) is 0 Å². The van der Waals surface area contributed by atoms with Crippen LogP contribution >= 0.6 is 23.2 Å². The van der Waals surface area contributed by atoms with Gasteiger partial charge in [0.25, 0.3) is 35.0 Å². The summed E-state index contributed by atoms with van der Waals surface area (Å²) >= 11 is 11.5. The van der Waals surface area contributed by atoms with E-state index >= 15 is 0 Å². The molecule has 0 heterocycles. The van der Waals surface area contributed by atoms with Crippen molar-refractivity contribution in [3.63, 3.8) is 0 Å². The lowest BCUT2D eigenvalue weighted by Gasteiger charge is -2.14. The Morgan fingerprint density at radius 2 is 1.09 bits per heavy atom. The molecule has 4 N–H and O–H groups in total. The molecule has 0 fully saturated rings. The highest BCUT2D eigenvalue weighted by Crippen LogP contribution is 2.25. The van der Waals surface area contributed by atoms with E-state index in [1.54, 1.807) is 0 Å². The van der Waals surface area contributed by atoms with Gasteiger partial charge in [-0.2, -0.15) is 10.2 Å². The van der Waals surface area contributed by atoms with E-state index in [9.17, 15) is 39.4 Å². The molecule has 0 saturated carbocycles. The maximum atomic E-state index is 12.7. The summed E-state index contributed by atoms with van der Waals surface area (Å²) in [5.41, 5.74) is 4.46. The van der Waals surface area contributed by atoms with Crippen molar-refractivity contribution >= 4 is 70.6 Å². The summed E-state index contributed by atoms with van der Waals surface area (Å²) < 4.78 is 0. The number of hydrogen-bond donors (Lipinski definition) is 4. The number of nitro groups is 2. The van der Waals surface area contributed by atoms with Gasteiger partial charge in [-0.25, -0.2) is 10.9 Å². The first-order chi connectivity index (χ1) is 21.8. The molecule has 0 saturated heterocycles. The lowest BCUT2D eigenvalue weighted by molar-refractivity contribution is -0.384. The standard InChI is InChI=1S/C28H24Cl2N8O8/c1-15(25(39)35-31-13-17-6-8-21(29)23(10-17)37(43)44)33-27(41)19-4-3-5-20(12-19)28(42)34-16(2)26(40)36-32-14-18-7-9-22(30)24(11-18)38(45)46/h3-16H,1-2H3,(H,33,41)(H,34,42)(H,35,39)(H,36,40)/b31-13+,32-14+/t15-,16-/m0/s1. The molecule has 0 aromatic heterocycles. The molecule has 0 spiro atoms. The second-order valence-corrected chi connectivity index (χ2v) is 10.2. The monoisotopic (exact) mass is 670 g/mol. The maximum absolute atomic E-state index is 12.7. The number of carbonyl (C=O) groups is 4. The number of rotatable bonds is 12. The van der Waals surface area contributed by atoms with E-state index in [0.29, 0.717) is 11.1 Å². The summed E-state index contributed by atoms with van der Waals surface area (Å²) in [5, 5.41) is 34.3.